The fourth-order valence-corrected chi connectivity index (χ4v) is 0.532. The van der Waals surface area contributed by atoms with Crippen molar-refractivity contribution in [3.05, 3.63) is 12.3 Å². The van der Waals surface area contributed by atoms with Crippen LogP contribution < -0.4 is 10.5 Å². The lowest BCUT2D eigenvalue weighted by Gasteiger charge is -2.06. The first-order valence-corrected chi connectivity index (χ1v) is 2.81. The van der Waals surface area contributed by atoms with Gasteiger partial charge in [-0.1, -0.05) is 0 Å². The summed E-state index contributed by atoms with van der Waals surface area (Å²) in [7, 11) is 0. The normalized spacial score (nSPS) is 11.2. The molecule has 2 N–H and O–H groups in total. The van der Waals surface area contributed by atoms with E-state index in [1.165, 1.54) is 0 Å². The summed E-state index contributed by atoms with van der Waals surface area (Å²) in [6, 6.07) is 0.962. The number of nitrogens with two attached hydrogens (primary N) is 1. The Hall–Kier alpha value is -1.53. The van der Waals surface area contributed by atoms with Crippen molar-refractivity contribution < 1.29 is 17.9 Å². The van der Waals surface area contributed by atoms with Gasteiger partial charge in [-0.05, 0) is 0 Å². The summed E-state index contributed by atoms with van der Waals surface area (Å²) in [5.41, 5.74) is 5.01. The van der Waals surface area contributed by atoms with Crippen LogP contribution in [0.4, 0.5) is 19.1 Å². The number of halogens is 3. The smallest absolute Gasteiger partial charge is 0.388 e. The number of aromatic nitrogens is 2. The van der Waals surface area contributed by atoms with E-state index in [-0.39, 0.29) is 5.95 Å². The maximum atomic E-state index is 11.5. The standard InChI is InChI=1S/C5H4F3N3O/c6-5(7,8)12-3-1-2-10-4(9)11-3/h1-2H,(H2,9,10,11). The lowest BCUT2D eigenvalue weighted by molar-refractivity contribution is -0.276. The van der Waals surface area contributed by atoms with Crippen molar-refractivity contribution in [3.63, 3.8) is 0 Å². The number of rotatable bonds is 1. The Kier molecular flexibility index (Phi) is 2.03. The number of anilines is 1. The fourth-order valence-electron chi connectivity index (χ4n) is 0.532. The highest BCUT2D eigenvalue weighted by Crippen LogP contribution is 2.20. The van der Waals surface area contributed by atoms with Gasteiger partial charge in [0.2, 0.25) is 11.8 Å². The predicted molar refractivity (Wildman–Crippen MR) is 33.1 cm³/mol. The highest BCUT2D eigenvalue weighted by atomic mass is 19.4. The second-order valence-corrected chi connectivity index (χ2v) is 1.80. The minimum Gasteiger partial charge on any atom is -0.388 e. The van der Waals surface area contributed by atoms with Gasteiger partial charge in [0.05, 0.1) is 0 Å². The molecule has 0 bridgehead atoms. The average molecular weight is 179 g/mol. The molecule has 1 rings (SSSR count). The molecule has 4 nitrogen and oxygen atoms in total. The van der Waals surface area contributed by atoms with Gasteiger partial charge < -0.3 is 10.5 Å². The second kappa shape index (κ2) is 2.84. The maximum absolute atomic E-state index is 11.5. The number of nitrogen functional groups attached to an aromatic ring is 1. The Labute approximate surface area is 65.2 Å². The molecule has 0 fully saturated rings. The predicted octanol–water partition coefficient (Wildman–Crippen LogP) is 0.957. The minimum atomic E-state index is -4.75. The summed E-state index contributed by atoms with van der Waals surface area (Å²) in [6.45, 7) is 0. The van der Waals surface area contributed by atoms with Crippen LogP contribution in [0.15, 0.2) is 12.3 Å². The van der Waals surface area contributed by atoms with Crippen molar-refractivity contribution in [3.8, 4) is 5.88 Å². The van der Waals surface area contributed by atoms with Crippen molar-refractivity contribution in [2.24, 2.45) is 0 Å². The fraction of sp³-hybridized carbons (Fsp3) is 0.200. The van der Waals surface area contributed by atoms with Gasteiger partial charge in [0.15, 0.2) is 0 Å². The Morgan fingerprint density at radius 3 is 2.58 bits per heavy atom. The van der Waals surface area contributed by atoms with Crippen LogP contribution in [0.2, 0.25) is 0 Å². The monoisotopic (exact) mass is 179 g/mol. The van der Waals surface area contributed by atoms with E-state index >= 15 is 0 Å². The molecule has 12 heavy (non-hydrogen) atoms. The van der Waals surface area contributed by atoms with Gasteiger partial charge >= 0.3 is 6.36 Å². The quantitative estimate of drug-likeness (QED) is 0.697. The summed E-state index contributed by atoms with van der Waals surface area (Å²) in [4.78, 5) is 6.57. The molecule has 0 saturated heterocycles. The molecular formula is C5H4F3N3O. The Balaban J connectivity index is 2.77. The summed E-state index contributed by atoms with van der Waals surface area (Å²) in [6.07, 6.45) is -3.68. The number of alkyl halides is 3. The van der Waals surface area contributed by atoms with E-state index in [1.807, 2.05) is 0 Å². The summed E-state index contributed by atoms with van der Waals surface area (Å²) >= 11 is 0. The molecule has 0 spiro atoms. The van der Waals surface area contributed by atoms with Gasteiger partial charge in [-0.2, -0.15) is 4.98 Å². The lowest BCUT2D eigenvalue weighted by Crippen LogP contribution is -2.18. The zero-order valence-corrected chi connectivity index (χ0v) is 5.67. The van der Waals surface area contributed by atoms with E-state index < -0.39 is 12.2 Å². The topological polar surface area (TPSA) is 61.0 Å². The molecule has 1 aromatic heterocycles. The molecule has 0 saturated carbocycles. The first kappa shape index (κ1) is 8.57. The molecule has 0 radical (unpaired) electrons. The van der Waals surface area contributed by atoms with E-state index in [1.54, 1.807) is 0 Å². The van der Waals surface area contributed by atoms with Gasteiger partial charge in [0, 0.05) is 12.3 Å². The molecule has 0 unspecified atom stereocenters. The highest BCUT2D eigenvalue weighted by molar-refractivity contribution is 5.20. The van der Waals surface area contributed by atoms with Crippen molar-refractivity contribution in [1.82, 2.24) is 9.97 Å². The zero-order chi connectivity index (χ0) is 9.19. The minimum absolute atomic E-state index is 0.267. The van der Waals surface area contributed by atoms with Gasteiger partial charge in [0.25, 0.3) is 0 Å². The first-order valence-electron chi connectivity index (χ1n) is 2.81. The second-order valence-electron chi connectivity index (χ2n) is 1.80. The van der Waals surface area contributed by atoms with Crippen molar-refractivity contribution in [2.75, 3.05) is 5.73 Å². The van der Waals surface area contributed by atoms with E-state index in [4.69, 9.17) is 5.73 Å². The van der Waals surface area contributed by atoms with Gasteiger partial charge in [0.1, 0.15) is 0 Å². The van der Waals surface area contributed by atoms with Crippen LogP contribution in [0.25, 0.3) is 0 Å². The molecule has 1 heterocycles. The Morgan fingerprint density at radius 1 is 1.42 bits per heavy atom. The molecule has 0 amide bonds. The maximum Gasteiger partial charge on any atom is 0.574 e. The van der Waals surface area contributed by atoms with E-state index in [2.05, 4.69) is 14.7 Å². The first-order chi connectivity index (χ1) is 5.47. The van der Waals surface area contributed by atoms with Crippen molar-refractivity contribution in [1.29, 1.82) is 0 Å². The number of hydrogen-bond donors (Lipinski definition) is 1. The number of hydrogen-bond acceptors (Lipinski definition) is 4. The van der Waals surface area contributed by atoms with Crippen LogP contribution in [0.3, 0.4) is 0 Å². The lowest BCUT2D eigenvalue weighted by atomic mass is 10.6. The van der Waals surface area contributed by atoms with Crippen LogP contribution in [0.1, 0.15) is 0 Å². The van der Waals surface area contributed by atoms with Crippen LogP contribution in [-0.4, -0.2) is 16.3 Å². The largest absolute Gasteiger partial charge is 0.574 e. The van der Waals surface area contributed by atoms with E-state index in [0.717, 1.165) is 12.3 Å². The zero-order valence-electron chi connectivity index (χ0n) is 5.67. The summed E-state index contributed by atoms with van der Waals surface area (Å²) in [5, 5.41) is 0. The molecule has 0 atom stereocenters. The molecule has 0 aliphatic carbocycles. The van der Waals surface area contributed by atoms with Crippen LogP contribution >= 0.6 is 0 Å². The third-order valence-electron chi connectivity index (χ3n) is 0.869. The van der Waals surface area contributed by atoms with Crippen LogP contribution in [0.5, 0.6) is 5.88 Å². The van der Waals surface area contributed by atoms with E-state index in [0.29, 0.717) is 0 Å². The average Bonchev–Trinajstić information content (AvgIpc) is 1.82. The summed E-state index contributed by atoms with van der Waals surface area (Å²) < 4.78 is 38.1. The van der Waals surface area contributed by atoms with Gasteiger partial charge in [-0.3, -0.25) is 0 Å². The molecule has 66 valence electrons. The van der Waals surface area contributed by atoms with Gasteiger partial charge in [-0.15, -0.1) is 13.2 Å². The third-order valence-corrected chi connectivity index (χ3v) is 0.869. The Bertz CT molecular complexity index is 275. The molecule has 7 heteroatoms. The highest BCUT2D eigenvalue weighted by Gasteiger charge is 2.31. The van der Waals surface area contributed by atoms with Crippen LogP contribution in [-0.2, 0) is 0 Å². The molecule has 0 aliphatic rings. The summed E-state index contributed by atoms with van der Waals surface area (Å²) in [5.74, 6) is -0.883. The van der Waals surface area contributed by atoms with E-state index in [9.17, 15) is 13.2 Å². The van der Waals surface area contributed by atoms with Crippen molar-refractivity contribution >= 4 is 5.95 Å². The molecular weight excluding hydrogens is 175 g/mol. The molecule has 0 aromatic carbocycles. The third kappa shape index (κ3) is 2.60. The molecule has 0 aliphatic heterocycles. The molecule has 1 aromatic rings. The number of nitrogens with zero attached hydrogens (tertiary/aromatic N) is 2. The van der Waals surface area contributed by atoms with Gasteiger partial charge in [-0.25, -0.2) is 4.98 Å². The van der Waals surface area contributed by atoms with Crippen molar-refractivity contribution in [2.45, 2.75) is 6.36 Å². The van der Waals surface area contributed by atoms with Crippen LogP contribution in [0, 0.1) is 0 Å². The number of ether oxygens (including phenoxy) is 1. The SMILES string of the molecule is Nc1nccc(OC(F)(F)F)n1. The Morgan fingerprint density at radius 2 is 2.08 bits per heavy atom.